The number of aromatic nitrogens is 1. The molecule has 1 aromatic heterocycles. The monoisotopic (exact) mass is 259 g/mol. The molecule has 0 radical (unpaired) electrons. The second kappa shape index (κ2) is 4.34. The Kier molecular flexibility index (Phi) is 3.03. The normalized spacial score (nSPS) is 11.5. The number of hydrazine groups is 1. The lowest BCUT2D eigenvalue weighted by atomic mass is 10.1. The van der Waals surface area contributed by atoms with E-state index >= 15 is 0 Å². The molecule has 90 valence electrons. The number of hydrogen-bond donors (Lipinski definition) is 2. The van der Waals surface area contributed by atoms with Gasteiger partial charge in [-0.25, -0.2) is 10.8 Å². The summed E-state index contributed by atoms with van der Waals surface area (Å²) < 4.78 is 37.0. The highest BCUT2D eigenvalue weighted by Gasteiger charge is 2.30. The van der Waals surface area contributed by atoms with Gasteiger partial charge >= 0.3 is 6.18 Å². The molecule has 0 amide bonds. The van der Waals surface area contributed by atoms with E-state index in [2.05, 4.69) is 10.4 Å². The molecule has 0 bridgehead atoms. The molecule has 0 aliphatic heterocycles. The molecular weight excluding hydrogens is 251 g/mol. The zero-order chi connectivity index (χ0) is 12.5. The Balaban J connectivity index is 2.29. The van der Waals surface area contributed by atoms with Gasteiger partial charge < -0.3 is 0 Å². The number of nitrogens with one attached hydrogen (secondary N) is 1. The van der Waals surface area contributed by atoms with E-state index in [1.54, 1.807) is 5.38 Å². The van der Waals surface area contributed by atoms with Gasteiger partial charge in [0.2, 0.25) is 0 Å². The zero-order valence-corrected chi connectivity index (χ0v) is 9.27. The average Bonchev–Trinajstić information content (AvgIpc) is 2.76. The molecule has 2 rings (SSSR count). The Morgan fingerprint density at radius 3 is 2.29 bits per heavy atom. The lowest BCUT2D eigenvalue weighted by Crippen LogP contribution is -2.05. The van der Waals surface area contributed by atoms with E-state index in [1.165, 1.54) is 23.5 Å². The minimum Gasteiger partial charge on any atom is -0.300 e. The molecule has 2 aromatic rings. The van der Waals surface area contributed by atoms with Gasteiger partial charge in [-0.1, -0.05) is 12.1 Å². The van der Waals surface area contributed by atoms with Crippen molar-refractivity contribution in [3.05, 3.63) is 35.2 Å². The van der Waals surface area contributed by atoms with Crippen molar-refractivity contribution < 1.29 is 13.2 Å². The van der Waals surface area contributed by atoms with Crippen molar-refractivity contribution in [1.82, 2.24) is 4.98 Å². The highest BCUT2D eigenvalue weighted by Crippen LogP contribution is 2.31. The van der Waals surface area contributed by atoms with Crippen LogP contribution in [0.5, 0.6) is 0 Å². The van der Waals surface area contributed by atoms with Crippen molar-refractivity contribution >= 4 is 16.5 Å². The minimum atomic E-state index is -4.31. The van der Waals surface area contributed by atoms with Gasteiger partial charge in [-0.05, 0) is 12.1 Å². The number of anilines is 1. The Bertz CT molecular complexity index is 504. The van der Waals surface area contributed by atoms with Gasteiger partial charge in [-0.3, -0.25) is 5.43 Å². The summed E-state index contributed by atoms with van der Waals surface area (Å²) in [5.41, 5.74) is 2.92. The van der Waals surface area contributed by atoms with Crippen molar-refractivity contribution in [1.29, 1.82) is 0 Å². The van der Waals surface area contributed by atoms with Crippen LogP contribution >= 0.6 is 11.3 Å². The Morgan fingerprint density at radius 2 is 1.82 bits per heavy atom. The van der Waals surface area contributed by atoms with E-state index in [1.807, 2.05) is 0 Å². The first-order valence-electron chi connectivity index (χ1n) is 4.60. The fraction of sp³-hybridized carbons (Fsp3) is 0.100. The van der Waals surface area contributed by atoms with E-state index in [0.29, 0.717) is 16.4 Å². The van der Waals surface area contributed by atoms with Gasteiger partial charge in [0.15, 0.2) is 5.13 Å². The van der Waals surface area contributed by atoms with Gasteiger partial charge in [-0.2, -0.15) is 13.2 Å². The number of hydrogen-bond acceptors (Lipinski definition) is 4. The second-order valence-electron chi connectivity index (χ2n) is 3.26. The number of thiazole rings is 1. The van der Waals surface area contributed by atoms with Crippen LogP contribution in [-0.2, 0) is 6.18 Å². The first kappa shape index (κ1) is 11.9. The summed E-state index contributed by atoms with van der Waals surface area (Å²) >= 11 is 1.28. The van der Waals surface area contributed by atoms with Crippen molar-refractivity contribution in [3.63, 3.8) is 0 Å². The molecule has 0 aliphatic carbocycles. The molecule has 3 nitrogen and oxygen atoms in total. The molecule has 7 heteroatoms. The van der Waals surface area contributed by atoms with E-state index in [-0.39, 0.29) is 0 Å². The smallest absolute Gasteiger partial charge is 0.300 e. The van der Waals surface area contributed by atoms with Crippen molar-refractivity contribution in [3.8, 4) is 11.3 Å². The summed E-state index contributed by atoms with van der Waals surface area (Å²) in [5.74, 6) is 5.17. The maximum Gasteiger partial charge on any atom is 0.416 e. The number of nitrogen functional groups attached to an aromatic ring is 1. The predicted molar refractivity (Wildman–Crippen MR) is 60.4 cm³/mol. The summed E-state index contributed by atoms with van der Waals surface area (Å²) in [6.45, 7) is 0. The van der Waals surface area contributed by atoms with E-state index in [0.717, 1.165) is 12.1 Å². The third-order valence-corrected chi connectivity index (χ3v) is 2.91. The van der Waals surface area contributed by atoms with Crippen molar-refractivity contribution in [2.75, 3.05) is 5.43 Å². The fourth-order valence-corrected chi connectivity index (χ4v) is 1.93. The largest absolute Gasteiger partial charge is 0.416 e. The predicted octanol–water partition coefficient (Wildman–Crippen LogP) is 3.11. The highest BCUT2D eigenvalue weighted by atomic mass is 32.1. The average molecular weight is 259 g/mol. The summed E-state index contributed by atoms with van der Waals surface area (Å²) in [4.78, 5) is 4.09. The fourth-order valence-electron chi connectivity index (χ4n) is 1.30. The third kappa shape index (κ3) is 2.56. The molecular formula is C10H8F3N3S. The van der Waals surface area contributed by atoms with Gasteiger partial charge in [0.05, 0.1) is 11.3 Å². The summed E-state index contributed by atoms with van der Waals surface area (Å²) in [6.07, 6.45) is -4.31. The molecule has 0 unspecified atom stereocenters. The maximum atomic E-state index is 12.3. The van der Waals surface area contributed by atoms with E-state index < -0.39 is 11.7 Å². The SMILES string of the molecule is NNc1nc(-c2ccc(C(F)(F)F)cc2)cs1. The Morgan fingerprint density at radius 1 is 1.18 bits per heavy atom. The number of benzene rings is 1. The van der Waals surface area contributed by atoms with Crippen LogP contribution in [0.25, 0.3) is 11.3 Å². The van der Waals surface area contributed by atoms with Gasteiger partial charge in [0, 0.05) is 10.9 Å². The summed E-state index contributed by atoms with van der Waals surface area (Å²) in [5, 5.41) is 2.23. The number of nitrogens with two attached hydrogens (primary N) is 1. The lowest BCUT2D eigenvalue weighted by molar-refractivity contribution is -0.137. The molecule has 17 heavy (non-hydrogen) atoms. The van der Waals surface area contributed by atoms with Crippen LogP contribution in [0.2, 0.25) is 0 Å². The lowest BCUT2D eigenvalue weighted by Gasteiger charge is -2.06. The van der Waals surface area contributed by atoms with Crippen LogP contribution in [0.4, 0.5) is 18.3 Å². The van der Waals surface area contributed by atoms with Gasteiger partial charge in [0.1, 0.15) is 0 Å². The first-order valence-corrected chi connectivity index (χ1v) is 5.48. The minimum absolute atomic E-state index is 0.514. The van der Waals surface area contributed by atoms with E-state index in [4.69, 9.17) is 5.84 Å². The van der Waals surface area contributed by atoms with Crippen LogP contribution in [0.15, 0.2) is 29.6 Å². The molecule has 0 aliphatic rings. The molecule has 0 saturated heterocycles. The Labute approximate surface area is 99.1 Å². The van der Waals surface area contributed by atoms with E-state index in [9.17, 15) is 13.2 Å². The number of halogens is 3. The molecule has 1 aromatic carbocycles. The third-order valence-electron chi connectivity index (χ3n) is 2.14. The van der Waals surface area contributed by atoms with Crippen LogP contribution in [0.3, 0.4) is 0 Å². The topological polar surface area (TPSA) is 50.9 Å². The zero-order valence-electron chi connectivity index (χ0n) is 8.45. The van der Waals surface area contributed by atoms with Crippen LogP contribution in [-0.4, -0.2) is 4.98 Å². The number of nitrogens with zero attached hydrogens (tertiary/aromatic N) is 1. The molecule has 0 fully saturated rings. The first-order chi connectivity index (χ1) is 8.00. The highest BCUT2D eigenvalue weighted by molar-refractivity contribution is 7.14. The molecule has 1 heterocycles. The quantitative estimate of drug-likeness (QED) is 0.643. The van der Waals surface area contributed by atoms with Crippen LogP contribution in [0.1, 0.15) is 5.56 Å². The standard InChI is InChI=1S/C10H8F3N3S/c11-10(12,13)7-3-1-6(2-4-7)8-5-17-9(15-8)16-14/h1-5H,14H2,(H,15,16). The molecule has 0 saturated carbocycles. The van der Waals surface area contributed by atoms with Gasteiger partial charge in [-0.15, -0.1) is 11.3 Å². The van der Waals surface area contributed by atoms with Crippen molar-refractivity contribution in [2.45, 2.75) is 6.18 Å². The number of alkyl halides is 3. The van der Waals surface area contributed by atoms with Crippen LogP contribution < -0.4 is 11.3 Å². The van der Waals surface area contributed by atoms with Crippen molar-refractivity contribution in [2.24, 2.45) is 5.84 Å². The second-order valence-corrected chi connectivity index (χ2v) is 4.12. The number of rotatable bonds is 2. The van der Waals surface area contributed by atoms with Crippen LogP contribution in [0, 0.1) is 0 Å². The summed E-state index contributed by atoms with van der Waals surface area (Å²) in [7, 11) is 0. The molecule has 0 atom stereocenters. The summed E-state index contributed by atoms with van der Waals surface area (Å²) in [6, 6.07) is 4.84. The van der Waals surface area contributed by atoms with Gasteiger partial charge in [0.25, 0.3) is 0 Å². The maximum absolute atomic E-state index is 12.3. The Hall–Kier alpha value is -1.60. The molecule has 3 N–H and O–H groups in total. The molecule has 0 spiro atoms.